The first-order valence-corrected chi connectivity index (χ1v) is 10.5. The van der Waals surface area contributed by atoms with E-state index in [0.29, 0.717) is 5.56 Å². The topological polar surface area (TPSA) is 99.9 Å². The fraction of sp³-hybridized carbons (Fsp3) is 0.208. The van der Waals surface area contributed by atoms with Crippen molar-refractivity contribution in [1.29, 1.82) is 0 Å². The number of hydrogen-bond donors (Lipinski definition) is 3. The molecule has 1 saturated heterocycles. The molecule has 4 N–H and O–H groups in total. The van der Waals surface area contributed by atoms with E-state index in [0.717, 1.165) is 59.6 Å². The highest BCUT2D eigenvalue weighted by molar-refractivity contribution is 6.06. The highest BCUT2D eigenvalue weighted by Crippen LogP contribution is 2.30. The van der Waals surface area contributed by atoms with E-state index in [9.17, 15) is 4.79 Å². The van der Waals surface area contributed by atoms with Gasteiger partial charge < -0.3 is 20.9 Å². The minimum atomic E-state index is -0.137. The lowest BCUT2D eigenvalue weighted by molar-refractivity contribution is 0.102. The zero-order valence-electron chi connectivity index (χ0n) is 17.1. The van der Waals surface area contributed by atoms with Crippen molar-refractivity contribution in [1.82, 2.24) is 15.0 Å². The second kappa shape index (κ2) is 8.20. The SMILES string of the molecule is NC1CCN(c2cncc(-c3c[nH]c4ccc(NC(=O)c5ccccc5)cc34)n2)CC1. The van der Waals surface area contributed by atoms with Crippen molar-refractivity contribution in [2.24, 2.45) is 5.73 Å². The van der Waals surface area contributed by atoms with Gasteiger partial charge >= 0.3 is 0 Å². The number of carbonyl (C=O) groups is 1. The van der Waals surface area contributed by atoms with Crippen molar-refractivity contribution < 1.29 is 4.79 Å². The van der Waals surface area contributed by atoms with E-state index in [2.05, 4.69) is 20.2 Å². The van der Waals surface area contributed by atoms with Crippen LogP contribution >= 0.6 is 0 Å². The zero-order chi connectivity index (χ0) is 21.2. The normalized spacial score (nSPS) is 14.7. The summed E-state index contributed by atoms with van der Waals surface area (Å²) in [5.41, 5.74) is 10.1. The quantitative estimate of drug-likeness (QED) is 0.473. The van der Waals surface area contributed by atoms with Crippen LogP contribution < -0.4 is 16.0 Å². The lowest BCUT2D eigenvalue weighted by Crippen LogP contribution is -2.40. The van der Waals surface area contributed by atoms with Crippen LogP contribution in [0, 0.1) is 0 Å². The summed E-state index contributed by atoms with van der Waals surface area (Å²) < 4.78 is 0. The van der Waals surface area contributed by atoms with Gasteiger partial charge in [0.2, 0.25) is 0 Å². The number of amides is 1. The number of H-pyrrole nitrogens is 1. The molecule has 7 nitrogen and oxygen atoms in total. The molecule has 1 amide bonds. The van der Waals surface area contributed by atoms with E-state index in [1.54, 1.807) is 24.5 Å². The van der Waals surface area contributed by atoms with Crippen molar-refractivity contribution >= 4 is 28.3 Å². The number of hydrogen-bond acceptors (Lipinski definition) is 5. The van der Waals surface area contributed by atoms with Crippen LogP contribution in [0.25, 0.3) is 22.2 Å². The third-order valence-corrected chi connectivity index (χ3v) is 5.74. The van der Waals surface area contributed by atoms with Gasteiger partial charge in [0.1, 0.15) is 5.82 Å². The molecule has 31 heavy (non-hydrogen) atoms. The van der Waals surface area contributed by atoms with E-state index in [-0.39, 0.29) is 11.9 Å². The highest BCUT2D eigenvalue weighted by Gasteiger charge is 2.18. The molecule has 0 radical (unpaired) electrons. The predicted molar refractivity (Wildman–Crippen MR) is 123 cm³/mol. The molecule has 0 atom stereocenters. The van der Waals surface area contributed by atoms with E-state index >= 15 is 0 Å². The summed E-state index contributed by atoms with van der Waals surface area (Å²) >= 11 is 0. The van der Waals surface area contributed by atoms with Crippen molar-refractivity contribution in [3.63, 3.8) is 0 Å². The molecule has 4 aromatic rings. The van der Waals surface area contributed by atoms with Crippen molar-refractivity contribution in [2.75, 3.05) is 23.3 Å². The minimum Gasteiger partial charge on any atom is -0.360 e. The van der Waals surface area contributed by atoms with Crippen LogP contribution in [0.5, 0.6) is 0 Å². The summed E-state index contributed by atoms with van der Waals surface area (Å²) in [6.07, 6.45) is 7.44. The van der Waals surface area contributed by atoms with Crippen LogP contribution in [0.15, 0.2) is 67.1 Å². The summed E-state index contributed by atoms with van der Waals surface area (Å²) in [6.45, 7) is 1.78. The third kappa shape index (κ3) is 4.00. The molecule has 3 heterocycles. The average molecular weight is 412 g/mol. The number of benzene rings is 2. The maximum absolute atomic E-state index is 12.5. The van der Waals surface area contributed by atoms with Gasteiger partial charge in [-0.1, -0.05) is 18.2 Å². The number of piperidine rings is 1. The number of carbonyl (C=O) groups excluding carboxylic acids is 1. The third-order valence-electron chi connectivity index (χ3n) is 5.74. The molecule has 0 unspecified atom stereocenters. The Balaban J connectivity index is 1.44. The molecule has 1 fully saturated rings. The van der Waals surface area contributed by atoms with E-state index in [1.165, 1.54) is 0 Å². The van der Waals surface area contributed by atoms with Crippen LogP contribution in [0.2, 0.25) is 0 Å². The fourth-order valence-corrected chi connectivity index (χ4v) is 3.97. The van der Waals surface area contributed by atoms with Gasteiger partial charge in [-0.2, -0.15) is 0 Å². The van der Waals surface area contributed by atoms with Gasteiger partial charge in [-0.05, 0) is 43.2 Å². The molecule has 7 heteroatoms. The Morgan fingerprint density at radius 3 is 2.71 bits per heavy atom. The van der Waals surface area contributed by atoms with Gasteiger partial charge in [-0.3, -0.25) is 9.78 Å². The Morgan fingerprint density at radius 2 is 1.90 bits per heavy atom. The first kappa shape index (κ1) is 19.3. The lowest BCUT2D eigenvalue weighted by Gasteiger charge is -2.30. The molecule has 2 aromatic heterocycles. The van der Waals surface area contributed by atoms with Gasteiger partial charge in [0.05, 0.1) is 18.1 Å². The Bertz CT molecular complexity index is 1210. The maximum atomic E-state index is 12.5. The first-order valence-electron chi connectivity index (χ1n) is 10.5. The first-order chi connectivity index (χ1) is 15.2. The summed E-state index contributed by atoms with van der Waals surface area (Å²) in [6, 6.07) is 15.3. The molecule has 5 rings (SSSR count). The molecule has 0 bridgehead atoms. The van der Waals surface area contributed by atoms with E-state index in [4.69, 9.17) is 10.7 Å². The van der Waals surface area contributed by atoms with Crippen LogP contribution in [0.3, 0.4) is 0 Å². The van der Waals surface area contributed by atoms with Crippen molar-refractivity contribution in [2.45, 2.75) is 18.9 Å². The molecule has 0 spiro atoms. The molecule has 0 saturated carbocycles. The number of nitrogens with zero attached hydrogens (tertiary/aromatic N) is 3. The van der Waals surface area contributed by atoms with Crippen LogP contribution in [0.4, 0.5) is 11.5 Å². The number of nitrogens with two attached hydrogens (primary N) is 1. The average Bonchev–Trinajstić information content (AvgIpc) is 3.23. The largest absolute Gasteiger partial charge is 0.360 e. The smallest absolute Gasteiger partial charge is 0.255 e. The molecule has 156 valence electrons. The van der Waals surface area contributed by atoms with E-state index < -0.39 is 0 Å². The number of aromatic amines is 1. The van der Waals surface area contributed by atoms with Crippen LogP contribution in [-0.2, 0) is 0 Å². The predicted octanol–water partition coefficient (Wildman–Crippen LogP) is 3.80. The van der Waals surface area contributed by atoms with E-state index in [1.807, 2.05) is 42.6 Å². The number of anilines is 2. The number of fused-ring (bicyclic) bond motifs is 1. The molecule has 0 aliphatic carbocycles. The second-order valence-corrected chi connectivity index (χ2v) is 7.87. The van der Waals surface area contributed by atoms with Crippen LogP contribution in [-0.4, -0.2) is 40.0 Å². The molecule has 1 aliphatic heterocycles. The second-order valence-electron chi connectivity index (χ2n) is 7.87. The van der Waals surface area contributed by atoms with Gasteiger partial charge in [0.25, 0.3) is 5.91 Å². The summed E-state index contributed by atoms with van der Waals surface area (Å²) in [7, 11) is 0. The fourth-order valence-electron chi connectivity index (χ4n) is 3.97. The zero-order valence-corrected chi connectivity index (χ0v) is 17.1. The van der Waals surface area contributed by atoms with Crippen LogP contribution in [0.1, 0.15) is 23.2 Å². The maximum Gasteiger partial charge on any atom is 0.255 e. The molecule has 1 aliphatic rings. The lowest BCUT2D eigenvalue weighted by atomic mass is 10.1. The number of rotatable bonds is 4. The summed E-state index contributed by atoms with van der Waals surface area (Å²) in [4.78, 5) is 27.4. The van der Waals surface area contributed by atoms with Gasteiger partial charge in [-0.15, -0.1) is 0 Å². The van der Waals surface area contributed by atoms with Crippen molar-refractivity contribution in [3.05, 3.63) is 72.7 Å². The Morgan fingerprint density at radius 1 is 1.10 bits per heavy atom. The monoisotopic (exact) mass is 412 g/mol. The molecule has 2 aromatic carbocycles. The summed E-state index contributed by atoms with van der Waals surface area (Å²) in [5, 5.41) is 3.96. The standard InChI is InChI=1S/C24H24N6O/c25-17-8-10-30(11-9-17)23-15-26-14-22(29-23)20-13-27-21-7-6-18(12-19(20)21)28-24(31)16-4-2-1-3-5-16/h1-7,12-15,17,27H,8-11,25H2,(H,28,31). The van der Waals surface area contributed by atoms with Gasteiger partial charge in [-0.25, -0.2) is 4.98 Å². The minimum absolute atomic E-state index is 0.137. The molecular formula is C24H24N6O. The Kier molecular flexibility index (Phi) is 5.09. The van der Waals surface area contributed by atoms with Crippen molar-refractivity contribution in [3.8, 4) is 11.3 Å². The summed E-state index contributed by atoms with van der Waals surface area (Å²) in [5.74, 6) is 0.731. The van der Waals surface area contributed by atoms with Gasteiger partial charge in [0.15, 0.2) is 0 Å². The van der Waals surface area contributed by atoms with Gasteiger partial charge in [0, 0.05) is 53.0 Å². The Hall–Kier alpha value is -3.71. The number of aromatic nitrogens is 3. The highest BCUT2D eigenvalue weighted by atomic mass is 16.1. The molecular weight excluding hydrogens is 388 g/mol. The Labute approximate surface area is 180 Å². The number of nitrogens with one attached hydrogen (secondary N) is 2.